The van der Waals surface area contributed by atoms with Crippen molar-refractivity contribution in [3.8, 4) is 0 Å². The zero-order valence-electron chi connectivity index (χ0n) is 12.1. The van der Waals surface area contributed by atoms with E-state index >= 15 is 0 Å². The molecule has 1 aliphatic rings. The third-order valence-electron chi connectivity index (χ3n) is 3.26. The summed E-state index contributed by atoms with van der Waals surface area (Å²) in [6, 6.07) is 4.25. The van der Waals surface area contributed by atoms with Crippen molar-refractivity contribution in [1.29, 1.82) is 0 Å². The first-order chi connectivity index (χ1) is 9.27. The normalized spacial score (nSPS) is 16.7. The van der Waals surface area contributed by atoms with Crippen molar-refractivity contribution in [3.05, 3.63) is 23.9 Å². The second kappa shape index (κ2) is 7.75. The Morgan fingerprint density at radius 3 is 3.11 bits per heavy atom. The lowest BCUT2D eigenvalue weighted by Gasteiger charge is -2.24. The van der Waals surface area contributed by atoms with E-state index in [2.05, 4.69) is 46.9 Å². The van der Waals surface area contributed by atoms with Crippen molar-refractivity contribution >= 4 is 17.6 Å². The van der Waals surface area contributed by atoms with E-state index in [0.29, 0.717) is 5.92 Å². The molecule has 1 saturated heterocycles. The fourth-order valence-electron chi connectivity index (χ4n) is 2.31. The van der Waals surface area contributed by atoms with Gasteiger partial charge in [-0.05, 0) is 30.7 Å². The highest BCUT2D eigenvalue weighted by Crippen LogP contribution is 2.20. The Labute approximate surface area is 121 Å². The van der Waals surface area contributed by atoms with Gasteiger partial charge in [0.2, 0.25) is 0 Å². The second-order valence-corrected chi connectivity index (χ2v) is 6.69. The van der Waals surface area contributed by atoms with Gasteiger partial charge in [0.25, 0.3) is 0 Å². The van der Waals surface area contributed by atoms with E-state index in [1.807, 2.05) is 12.3 Å². The van der Waals surface area contributed by atoms with Crippen LogP contribution < -0.4 is 10.2 Å². The number of anilines is 1. The molecule has 0 amide bonds. The van der Waals surface area contributed by atoms with Crippen molar-refractivity contribution < 1.29 is 0 Å². The van der Waals surface area contributed by atoms with Gasteiger partial charge >= 0.3 is 0 Å². The molecule has 0 aliphatic carbocycles. The van der Waals surface area contributed by atoms with Crippen LogP contribution in [0.3, 0.4) is 0 Å². The van der Waals surface area contributed by atoms with Crippen molar-refractivity contribution in [2.75, 3.05) is 36.0 Å². The highest BCUT2D eigenvalue weighted by molar-refractivity contribution is 7.99. The SMILES string of the molecule is CC(C)CNCc1cccnc1N1CCCSCC1. The number of hydrogen-bond donors (Lipinski definition) is 1. The quantitative estimate of drug-likeness (QED) is 0.897. The summed E-state index contributed by atoms with van der Waals surface area (Å²) in [5.74, 6) is 4.37. The second-order valence-electron chi connectivity index (χ2n) is 5.46. The molecule has 0 bridgehead atoms. The molecule has 1 fully saturated rings. The van der Waals surface area contributed by atoms with E-state index in [-0.39, 0.29) is 0 Å². The van der Waals surface area contributed by atoms with Crippen LogP contribution in [-0.2, 0) is 6.54 Å². The molecule has 19 heavy (non-hydrogen) atoms. The van der Waals surface area contributed by atoms with Gasteiger partial charge in [0.1, 0.15) is 5.82 Å². The van der Waals surface area contributed by atoms with Gasteiger partial charge in [-0.1, -0.05) is 19.9 Å². The van der Waals surface area contributed by atoms with E-state index in [4.69, 9.17) is 0 Å². The Hall–Kier alpha value is -0.740. The summed E-state index contributed by atoms with van der Waals surface area (Å²) >= 11 is 2.06. The van der Waals surface area contributed by atoms with Crippen molar-refractivity contribution in [1.82, 2.24) is 10.3 Å². The number of nitrogens with zero attached hydrogens (tertiary/aromatic N) is 2. The van der Waals surface area contributed by atoms with E-state index < -0.39 is 0 Å². The Balaban J connectivity index is 2.02. The molecule has 4 heteroatoms. The summed E-state index contributed by atoms with van der Waals surface area (Å²) in [4.78, 5) is 7.07. The average molecular weight is 279 g/mol. The first kappa shape index (κ1) is 14.7. The number of hydrogen-bond acceptors (Lipinski definition) is 4. The molecular formula is C15H25N3S. The molecule has 3 nitrogen and oxygen atoms in total. The van der Waals surface area contributed by atoms with Crippen LogP contribution in [0.1, 0.15) is 25.8 Å². The van der Waals surface area contributed by atoms with Gasteiger partial charge < -0.3 is 10.2 Å². The smallest absolute Gasteiger partial charge is 0.133 e. The summed E-state index contributed by atoms with van der Waals surface area (Å²) in [6.07, 6.45) is 3.18. The van der Waals surface area contributed by atoms with Gasteiger partial charge in [-0.15, -0.1) is 0 Å². The summed E-state index contributed by atoms with van der Waals surface area (Å²) in [6.45, 7) is 8.72. The molecule has 0 radical (unpaired) electrons. The third-order valence-corrected chi connectivity index (χ3v) is 4.31. The molecule has 1 aliphatic heterocycles. The molecule has 2 heterocycles. The van der Waals surface area contributed by atoms with Crippen LogP contribution in [0.25, 0.3) is 0 Å². The maximum absolute atomic E-state index is 4.62. The van der Waals surface area contributed by atoms with Crippen LogP contribution in [0.15, 0.2) is 18.3 Å². The lowest BCUT2D eigenvalue weighted by molar-refractivity contribution is 0.551. The van der Waals surface area contributed by atoms with Crippen LogP contribution >= 0.6 is 11.8 Å². The molecule has 1 N–H and O–H groups in total. The van der Waals surface area contributed by atoms with E-state index in [0.717, 1.165) is 26.2 Å². The molecule has 0 saturated carbocycles. The molecule has 1 aromatic rings. The van der Waals surface area contributed by atoms with Crippen molar-refractivity contribution in [3.63, 3.8) is 0 Å². The Morgan fingerprint density at radius 1 is 1.37 bits per heavy atom. The van der Waals surface area contributed by atoms with E-state index in [1.54, 1.807) is 0 Å². The molecule has 0 spiro atoms. The van der Waals surface area contributed by atoms with Gasteiger partial charge in [0.15, 0.2) is 0 Å². The zero-order chi connectivity index (χ0) is 13.5. The summed E-state index contributed by atoms with van der Waals surface area (Å²) in [5.41, 5.74) is 1.33. The summed E-state index contributed by atoms with van der Waals surface area (Å²) < 4.78 is 0. The minimum Gasteiger partial charge on any atom is -0.355 e. The predicted molar refractivity (Wildman–Crippen MR) is 84.9 cm³/mol. The van der Waals surface area contributed by atoms with Crippen LogP contribution in [-0.4, -0.2) is 36.1 Å². The minimum atomic E-state index is 0.690. The molecular weight excluding hydrogens is 254 g/mol. The molecule has 0 atom stereocenters. The third kappa shape index (κ3) is 4.69. The van der Waals surface area contributed by atoms with E-state index in [9.17, 15) is 0 Å². The van der Waals surface area contributed by atoms with Crippen LogP contribution in [0, 0.1) is 5.92 Å². The first-order valence-electron chi connectivity index (χ1n) is 7.24. The summed E-state index contributed by atoms with van der Waals surface area (Å²) in [5, 5.41) is 3.52. The monoisotopic (exact) mass is 279 g/mol. The largest absolute Gasteiger partial charge is 0.355 e. The Morgan fingerprint density at radius 2 is 2.26 bits per heavy atom. The first-order valence-corrected chi connectivity index (χ1v) is 8.40. The maximum atomic E-state index is 4.62. The summed E-state index contributed by atoms with van der Waals surface area (Å²) in [7, 11) is 0. The fourth-order valence-corrected chi connectivity index (χ4v) is 3.19. The standard InChI is InChI=1S/C15H25N3S/c1-13(2)11-16-12-14-5-3-6-17-15(14)18-7-4-9-19-10-8-18/h3,5-6,13,16H,4,7-12H2,1-2H3. The lowest BCUT2D eigenvalue weighted by Crippen LogP contribution is -2.29. The number of rotatable bonds is 5. The minimum absolute atomic E-state index is 0.690. The Kier molecular flexibility index (Phi) is 5.98. The number of nitrogens with one attached hydrogen (secondary N) is 1. The Bertz CT molecular complexity index is 373. The van der Waals surface area contributed by atoms with Gasteiger partial charge in [0, 0.05) is 37.1 Å². The average Bonchev–Trinajstić information content (AvgIpc) is 2.68. The van der Waals surface area contributed by atoms with Crippen molar-refractivity contribution in [2.24, 2.45) is 5.92 Å². The maximum Gasteiger partial charge on any atom is 0.133 e. The number of aromatic nitrogens is 1. The van der Waals surface area contributed by atoms with Gasteiger partial charge in [-0.3, -0.25) is 0 Å². The number of thioether (sulfide) groups is 1. The van der Waals surface area contributed by atoms with Gasteiger partial charge in [0.05, 0.1) is 0 Å². The van der Waals surface area contributed by atoms with Crippen LogP contribution in [0.2, 0.25) is 0 Å². The zero-order valence-corrected chi connectivity index (χ0v) is 12.9. The molecule has 1 aromatic heterocycles. The van der Waals surface area contributed by atoms with Gasteiger partial charge in [-0.25, -0.2) is 4.98 Å². The fraction of sp³-hybridized carbons (Fsp3) is 0.667. The molecule has 2 rings (SSSR count). The lowest BCUT2D eigenvalue weighted by atomic mass is 10.2. The van der Waals surface area contributed by atoms with Crippen LogP contribution in [0.5, 0.6) is 0 Å². The number of pyridine rings is 1. The molecule has 0 aromatic carbocycles. The topological polar surface area (TPSA) is 28.2 Å². The molecule has 106 valence electrons. The van der Waals surface area contributed by atoms with E-state index in [1.165, 1.54) is 29.3 Å². The van der Waals surface area contributed by atoms with Crippen molar-refractivity contribution in [2.45, 2.75) is 26.8 Å². The predicted octanol–water partition coefficient (Wildman–Crippen LogP) is 2.77. The highest BCUT2D eigenvalue weighted by atomic mass is 32.2. The van der Waals surface area contributed by atoms with Gasteiger partial charge in [-0.2, -0.15) is 11.8 Å². The molecule has 0 unspecified atom stereocenters. The van der Waals surface area contributed by atoms with Crippen LogP contribution in [0.4, 0.5) is 5.82 Å². The highest BCUT2D eigenvalue weighted by Gasteiger charge is 2.14.